The summed E-state index contributed by atoms with van der Waals surface area (Å²) in [6.07, 6.45) is 2.03. The van der Waals surface area contributed by atoms with Crippen LogP contribution in [0.15, 0.2) is 47.1 Å². The minimum Gasteiger partial charge on any atom is -0.467 e. The lowest BCUT2D eigenvalue weighted by molar-refractivity contribution is -0.120. The van der Waals surface area contributed by atoms with Gasteiger partial charge in [-0.05, 0) is 29.8 Å². The minimum atomic E-state index is 0.00310. The molecular weight excluding hydrogens is 268 g/mol. The van der Waals surface area contributed by atoms with Crippen LogP contribution in [0.5, 0.6) is 0 Å². The molecule has 0 spiro atoms. The highest BCUT2D eigenvalue weighted by molar-refractivity contribution is 5.78. The molecule has 0 bridgehead atoms. The molecule has 0 saturated heterocycles. The SMILES string of the molecule is COCCNC(=O)Cc1ccc(NCc2ccco2)cc1. The van der Waals surface area contributed by atoms with E-state index in [4.69, 9.17) is 9.15 Å². The van der Waals surface area contributed by atoms with Crippen molar-refractivity contribution in [3.05, 3.63) is 54.0 Å². The van der Waals surface area contributed by atoms with Gasteiger partial charge in [0.25, 0.3) is 0 Å². The van der Waals surface area contributed by atoms with Gasteiger partial charge in [0.15, 0.2) is 0 Å². The molecule has 1 amide bonds. The number of rotatable bonds is 8. The van der Waals surface area contributed by atoms with Gasteiger partial charge in [-0.3, -0.25) is 4.79 Å². The first-order valence-electron chi connectivity index (χ1n) is 6.89. The average molecular weight is 288 g/mol. The van der Waals surface area contributed by atoms with E-state index in [9.17, 15) is 4.79 Å². The molecule has 0 fully saturated rings. The maximum absolute atomic E-state index is 11.7. The van der Waals surface area contributed by atoms with Crippen molar-refractivity contribution in [1.82, 2.24) is 5.32 Å². The maximum atomic E-state index is 11.7. The molecule has 2 N–H and O–H groups in total. The molecular formula is C16H20N2O3. The summed E-state index contributed by atoms with van der Waals surface area (Å²) in [6.45, 7) is 1.71. The third-order valence-corrected chi connectivity index (χ3v) is 2.99. The van der Waals surface area contributed by atoms with E-state index in [2.05, 4.69) is 10.6 Å². The van der Waals surface area contributed by atoms with Crippen molar-refractivity contribution < 1.29 is 13.9 Å². The summed E-state index contributed by atoms with van der Waals surface area (Å²) < 4.78 is 10.1. The summed E-state index contributed by atoms with van der Waals surface area (Å²) in [5, 5.41) is 6.06. The summed E-state index contributed by atoms with van der Waals surface area (Å²) in [7, 11) is 1.61. The largest absolute Gasteiger partial charge is 0.467 e. The van der Waals surface area contributed by atoms with Gasteiger partial charge in [-0.1, -0.05) is 12.1 Å². The van der Waals surface area contributed by atoms with Crippen LogP contribution >= 0.6 is 0 Å². The average Bonchev–Trinajstić information content (AvgIpc) is 3.00. The molecule has 5 nitrogen and oxygen atoms in total. The lowest BCUT2D eigenvalue weighted by Gasteiger charge is -2.07. The zero-order valence-corrected chi connectivity index (χ0v) is 12.1. The number of carbonyl (C=O) groups is 1. The van der Waals surface area contributed by atoms with Crippen molar-refractivity contribution in [2.75, 3.05) is 25.6 Å². The van der Waals surface area contributed by atoms with E-state index in [0.29, 0.717) is 26.1 Å². The molecule has 0 saturated carbocycles. The third kappa shape index (κ3) is 5.31. The van der Waals surface area contributed by atoms with Crippen LogP contribution in [0.3, 0.4) is 0 Å². The number of nitrogens with one attached hydrogen (secondary N) is 2. The van der Waals surface area contributed by atoms with Crippen LogP contribution < -0.4 is 10.6 Å². The quantitative estimate of drug-likeness (QED) is 0.731. The Bertz CT molecular complexity index is 535. The van der Waals surface area contributed by atoms with Gasteiger partial charge in [0.2, 0.25) is 5.91 Å². The lowest BCUT2D eigenvalue weighted by atomic mass is 10.1. The second-order valence-electron chi connectivity index (χ2n) is 4.65. The van der Waals surface area contributed by atoms with Gasteiger partial charge < -0.3 is 19.8 Å². The van der Waals surface area contributed by atoms with Crippen molar-refractivity contribution in [3.63, 3.8) is 0 Å². The predicted octanol–water partition coefficient (Wildman–Crippen LogP) is 2.20. The van der Waals surface area contributed by atoms with E-state index in [1.807, 2.05) is 36.4 Å². The molecule has 21 heavy (non-hydrogen) atoms. The summed E-state index contributed by atoms with van der Waals surface area (Å²) >= 11 is 0. The molecule has 1 aromatic heterocycles. The van der Waals surface area contributed by atoms with Crippen LogP contribution in [-0.4, -0.2) is 26.2 Å². The van der Waals surface area contributed by atoms with Gasteiger partial charge >= 0.3 is 0 Å². The topological polar surface area (TPSA) is 63.5 Å². The van der Waals surface area contributed by atoms with E-state index in [0.717, 1.165) is 17.0 Å². The van der Waals surface area contributed by atoms with Crippen LogP contribution in [-0.2, 0) is 22.5 Å². The first kappa shape index (κ1) is 15.1. The number of furan rings is 1. The first-order chi connectivity index (χ1) is 10.3. The van der Waals surface area contributed by atoms with Gasteiger partial charge in [-0.15, -0.1) is 0 Å². The van der Waals surface area contributed by atoms with Gasteiger partial charge in [-0.2, -0.15) is 0 Å². The van der Waals surface area contributed by atoms with Crippen molar-refractivity contribution in [3.8, 4) is 0 Å². The summed E-state index contributed by atoms with van der Waals surface area (Å²) in [5.41, 5.74) is 1.98. The van der Waals surface area contributed by atoms with E-state index in [1.54, 1.807) is 13.4 Å². The fourth-order valence-corrected chi connectivity index (χ4v) is 1.88. The Labute approximate surface area is 124 Å². The van der Waals surface area contributed by atoms with Crippen LogP contribution in [0.25, 0.3) is 0 Å². The molecule has 0 atom stereocenters. The summed E-state index contributed by atoms with van der Waals surface area (Å²) in [6, 6.07) is 11.6. The number of methoxy groups -OCH3 is 1. The zero-order chi connectivity index (χ0) is 14.9. The van der Waals surface area contributed by atoms with Crippen molar-refractivity contribution in [2.24, 2.45) is 0 Å². The van der Waals surface area contributed by atoms with Gasteiger partial charge in [0.05, 0.1) is 25.8 Å². The maximum Gasteiger partial charge on any atom is 0.224 e. The van der Waals surface area contributed by atoms with Crippen LogP contribution in [0.2, 0.25) is 0 Å². The molecule has 0 unspecified atom stereocenters. The fraction of sp³-hybridized carbons (Fsp3) is 0.312. The van der Waals surface area contributed by atoms with Crippen molar-refractivity contribution in [2.45, 2.75) is 13.0 Å². The Hall–Kier alpha value is -2.27. The highest BCUT2D eigenvalue weighted by Gasteiger charge is 2.03. The Balaban J connectivity index is 1.77. The smallest absolute Gasteiger partial charge is 0.224 e. The summed E-state index contributed by atoms with van der Waals surface area (Å²) in [4.78, 5) is 11.7. The molecule has 0 aliphatic heterocycles. The second kappa shape index (κ2) is 8.11. The zero-order valence-electron chi connectivity index (χ0n) is 12.1. The number of hydrogen-bond donors (Lipinski definition) is 2. The van der Waals surface area contributed by atoms with E-state index >= 15 is 0 Å². The molecule has 0 aliphatic carbocycles. The Morgan fingerprint density at radius 2 is 2.05 bits per heavy atom. The molecule has 1 heterocycles. The lowest BCUT2D eigenvalue weighted by Crippen LogP contribution is -2.28. The number of amides is 1. The van der Waals surface area contributed by atoms with E-state index in [-0.39, 0.29) is 5.91 Å². The van der Waals surface area contributed by atoms with E-state index in [1.165, 1.54) is 0 Å². The van der Waals surface area contributed by atoms with Crippen LogP contribution in [0, 0.1) is 0 Å². The van der Waals surface area contributed by atoms with Crippen LogP contribution in [0.1, 0.15) is 11.3 Å². The first-order valence-corrected chi connectivity index (χ1v) is 6.89. The summed E-state index contributed by atoms with van der Waals surface area (Å²) in [5.74, 6) is 0.889. The Morgan fingerprint density at radius 1 is 1.24 bits per heavy atom. The highest BCUT2D eigenvalue weighted by Crippen LogP contribution is 2.12. The van der Waals surface area contributed by atoms with Crippen molar-refractivity contribution in [1.29, 1.82) is 0 Å². The number of hydrogen-bond acceptors (Lipinski definition) is 4. The molecule has 5 heteroatoms. The monoisotopic (exact) mass is 288 g/mol. The molecule has 0 radical (unpaired) electrons. The molecule has 2 aromatic rings. The fourth-order valence-electron chi connectivity index (χ4n) is 1.88. The van der Waals surface area contributed by atoms with Crippen LogP contribution in [0.4, 0.5) is 5.69 Å². The number of anilines is 1. The highest BCUT2D eigenvalue weighted by atomic mass is 16.5. The Kier molecular flexibility index (Phi) is 5.84. The molecule has 2 rings (SSSR count). The Morgan fingerprint density at radius 3 is 2.71 bits per heavy atom. The van der Waals surface area contributed by atoms with Gasteiger partial charge in [-0.25, -0.2) is 0 Å². The van der Waals surface area contributed by atoms with Gasteiger partial charge in [0, 0.05) is 19.3 Å². The molecule has 112 valence electrons. The van der Waals surface area contributed by atoms with Crippen molar-refractivity contribution >= 4 is 11.6 Å². The predicted molar refractivity (Wildman–Crippen MR) is 81.1 cm³/mol. The molecule has 0 aliphatic rings. The minimum absolute atomic E-state index is 0.00310. The standard InChI is InChI=1S/C16H20N2O3/c1-20-10-8-17-16(19)11-13-4-6-14(7-5-13)18-12-15-3-2-9-21-15/h2-7,9,18H,8,10-12H2,1H3,(H,17,19). The number of benzene rings is 1. The number of carbonyl (C=O) groups excluding carboxylic acids is 1. The van der Waals surface area contributed by atoms with E-state index < -0.39 is 0 Å². The van der Waals surface area contributed by atoms with Gasteiger partial charge in [0.1, 0.15) is 5.76 Å². The number of ether oxygens (including phenoxy) is 1. The second-order valence-corrected chi connectivity index (χ2v) is 4.65. The molecule has 1 aromatic carbocycles. The third-order valence-electron chi connectivity index (χ3n) is 2.99. The normalized spacial score (nSPS) is 10.3.